The van der Waals surface area contributed by atoms with Gasteiger partial charge in [-0.25, -0.2) is 0 Å². The van der Waals surface area contributed by atoms with E-state index in [1.165, 1.54) is 6.20 Å². The Morgan fingerprint density at radius 2 is 2.53 bits per heavy atom. The van der Waals surface area contributed by atoms with Gasteiger partial charge in [0.05, 0.1) is 18.2 Å². The summed E-state index contributed by atoms with van der Waals surface area (Å²) in [6.07, 6.45) is 1.38. The molecule has 6 heteroatoms. The van der Waals surface area contributed by atoms with Crippen LogP contribution in [0.25, 0.3) is 0 Å². The Hall–Kier alpha value is -1.90. The van der Waals surface area contributed by atoms with E-state index < -0.39 is 0 Å². The predicted molar refractivity (Wildman–Crippen MR) is 52.7 cm³/mol. The van der Waals surface area contributed by atoms with E-state index in [0.29, 0.717) is 13.1 Å². The van der Waals surface area contributed by atoms with Gasteiger partial charge in [0.15, 0.2) is 5.69 Å². The zero-order valence-corrected chi connectivity index (χ0v) is 8.77. The van der Waals surface area contributed by atoms with Crippen molar-refractivity contribution in [3.05, 3.63) is 11.9 Å². The third kappa shape index (κ3) is 2.77. The van der Waals surface area contributed by atoms with Crippen LogP contribution >= 0.6 is 0 Å². The quantitative estimate of drug-likeness (QED) is 0.775. The summed E-state index contributed by atoms with van der Waals surface area (Å²) in [7, 11) is 0. The van der Waals surface area contributed by atoms with E-state index in [2.05, 4.69) is 21.5 Å². The van der Waals surface area contributed by atoms with Crippen LogP contribution in [-0.4, -0.2) is 39.3 Å². The summed E-state index contributed by atoms with van der Waals surface area (Å²) < 4.78 is 0. The lowest BCUT2D eigenvalue weighted by molar-refractivity contribution is 0.0746. The van der Waals surface area contributed by atoms with Crippen LogP contribution in [0.1, 0.15) is 24.3 Å². The molecular weight excluding hydrogens is 194 g/mol. The van der Waals surface area contributed by atoms with Crippen LogP contribution < -0.4 is 0 Å². The van der Waals surface area contributed by atoms with Gasteiger partial charge in [0.2, 0.25) is 0 Å². The number of amides is 1. The first kappa shape index (κ1) is 11.2. The van der Waals surface area contributed by atoms with Gasteiger partial charge in [0.1, 0.15) is 0 Å². The number of carbonyl (C=O) groups is 1. The topological polar surface area (TPSA) is 85.7 Å². The number of aromatic amines is 1. The molecule has 0 saturated heterocycles. The number of hydrogen-bond acceptors (Lipinski definition) is 4. The fourth-order valence-electron chi connectivity index (χ4n) is 1.19. The van der Waals surface area contributed by atoms with E-state index in [4.69, 9.17) is 5.26 Å². The summed E-state index contributed by atoms with van der Waals surface area (Å²) in [5.74, 6) is -0.380. The van der Waals surface area contributed by atoms with Crippen LogP contribution in [0.15, 0.2) is 6.20 Å². The zero-order chi connectivity index (χ0) is 11.3. The summed E-state index contributed by atoms with van der Waals surface area (Å²) in [4.78, 5) is 13.4. The number of hydrogen-bond donors (Lipinski definition) is 1. The number of rotatable bonds is 4. The van der Waals surface area contributed by atoms with Gasteiger partial charge in [-0.15, -0.1) is 0 Å². The first-order valence-corrected chi connectivity index (χ1v) is 4.73. The summed E-state index contributed by atoms with van der Waals surface area (Å²) in [5, 5.41) is 18.3. The molecule has 0 aliphatic heterocycles. The van der Waals surface area contributed by atoms with Crippen LogP contribution in [0.2, 0.25) is 0 Å². The Kier molecular flexibility index (Phi) is 3.80. The number of aromatic nitrogens is 3. The summed E-state index contributed by atoms with van der Waals surface area (Å²) in [5.41, 5.74) is 0.280. The van der Waals surface area contributed by atoms with Crippen molar-refractivity contribution in [1.29, 1.82) is 5.26 Å². The van der Waals surface area contributed by atoms with E-state index in [0.717, 1.165) is 0 Å². The van der Waals surface area contributed by atoms with Crippen molar-refractivity contribution in [2.45, 2.75) is 13.8 Å². The van der Waals surface area contributed by atoms with Crippen molar-refractivity contribution in [3.63, 3.8) is 0 Å². The SMILES string of the molecule is CCN(CC(C)C#N)C(=O)c1cn[nH]n1. The zero-order valence-electron chi connectivity index (χ0n) is 8.77. The number of nitriles is 1. The van der Waals surface area contributed by atoms with E-state index in [1.807, 2.05) is 6.92 Å². The summed E-state index contributed by atoms with van der Waals surface area (Å²) in [6, 6.07) is 2.09. The molecule has 0 fully saturated rings. The molecule has 15 heavy (non-hydrogen) atoms. The highest BCUT2D eigenvalue weighted by Gasteiger charge is 2.18. The second kappa shape index (κ2) is 5.10. The maximum absolute atomic E-state index is 11.8. The van der Waals surface area contributed by atoms with Gasteiger partial charge in [-0.1, -0.05) is 0 Å². The minimum absolute atomic E-state index is 0.180. The molecule has 1 unspecified atom stereocenters. The largest absolute Gasteiger partial charge is 0.336 e. The Labute approximate surface area is 87.9 Å². The van der Waals surface area contributed by atoms with Gasteiger partial charge >= 0.3 is 0 Å². The fourth-order valence-corrected chi connectivity index (χ4v) is 1.19. The third-order valence-electron chi connectivity index (χ3n) is 2.02. The molecule has 1 aromatic rings. The van der Waals surface area contributed by atoms with Crippen LogP contribution in [0, 0.1) is 17.2 Å². The third-order valence-corrected chi connectivity index (χ3v) is 2.02. The molecule has 0 bridgehead atoms. The van der Waals surface area contributed by atoms with E-state index >= 15 is 0 Å². The molecule has 0 aromatic carbocycles. The molecule has 1 atom stereocenters. The maximum atomic E-state index is 11.8. The highest BCUT2D eigenvalue weighted by Crippen LogP contribution is 2.03. The molecule has 80 valence electrons. The first-order chi connectivity index (χ1) is 7.19. The minimum atomic E-state index is -0.201. The Balaban J connectivity index is 2.68. The van der Waals surface area contributed by atoms with Crippen LogP contribution in [-0.2, 0) is 0 Å². The lowest BCUT2D eigenvalue weighted by atomic mass is 10.2. The summed E-state index contributed by atoms with van der Waals surface area (Å²) in [6.45, 7) is 4.61. The predicted octanol–water partition coefficient (Wildman–Crippen LogP) is 0.426. The second-order valence-electron chi connectivity index (χ2n) is 3.23. The maximum Gasteiger partial charge on any atom is 0.276 e. The molecule has 0 aliphatic rings. The normalized spacial score (nSPS) is 11.8. The molecule has 0 aliphatic carbocycles. The van der Waals surface area contributed by atoms with Crippen molar-refractivity contribution in [2.75, 3.05) is 13.1 Å². The van der Waals surface area contributed by atoms with Crippen molar-refractivity contribution < 1.29 is 4.79 Å². The molecule has 1 heterocycles. The standard InChI is InChI=1S/C9H13N5O/c1-3-14(6-7(2)4-10)9(15)8-5-11-13-12-8/h5,7H,3,6H2,1-2H3,(H,11,12,13). The molecule has 0 saturated carbocycles. The molecule has 0 spiro atoms. The molecule has 1 amide bonds. The second-order valence-corrected chi connectivity index (χ2v) is 3.23. The van der Waals surface area contributed by atoms with Crippen LogP contribution in [0.3, 0.4) is 0 Å². The fraction of sp³-hybridized carbons (Fsp3) is 0.556. The van der Waals surface area contributed by atoms with E-state index in [-0.39, 0.29) is 17.5 Å². The smallest absolute Gasteiger partial charge is 0.276 e. The van der Waals surface area contributed by atoms with Gasteiger partial charge in [-0.05, 0) is 13.8 Å². The van der Waals surface area contributed by atoms with Gasteiger partial charge in [-0.3, -0.25) is 4.79 Å². The molecule has 1 aromatic heterocycles. The average Bonchev–Trinajstić information content (AvgIpc) is 2.77. The van der Waals surface area contributed by atoms with Crippen LogP contribution in [0.5, 0.6) is 0 Å². The monoisotopic (exact) mass is 207 g/mol. The van der Waals surface area contributed by atoms with Gasteiger partial charge in [0.25, 0.3) is 5.91 Å². The van der Waals surface area contributed by atoms with Crippen molar-refractivity contribution in [3.8, 4) is 6.07 Å². The summed E-state index contributed by atoms with van der Waals surface area (Å²) >= 11 is 0. The first-order valence-electron chi connectivity index (χ1n) is 4.73. The van der Waals surface area contributed by atoms with Crippen LogP contribution in [0.4, 0.5) is 0 Å². The Morgan fingerprint density at radius 1 is 1.80 bits per heavy atom. The molecule has 6 nitrogen and oxygen atoms in total. The number of H-pyrrole nitrogens is 1. The minimum Gasteiger partial charge on any atom is -0.336 e. The highest BCUT2D eigenvalue weighted by molar-refractivity contribution is 5.91. The van der Waals surface area contributed by atoms with Crippen molar-refractivity contribution in [2.24, 2.45) is 5.92 Å². The van der Waals surface area contributed by atoms with Gasteiger partial charge in [-0.2, -0.15) is 20.7 Å². The highest BCUT2D eigenvalue weighted by atomic mass is 16.2. The number of nitrogens with one attached hydrogen (secondary N) is 1. The molecular formula is C9H13N5O. The van der Waals surface area contributed by atoms with Crippen molar-refractivity contribution >= 4 is 5.91 Å². The van der Waals surface area contributed by atoms with Gasteiger partial charge < -0.3 is 4.90 Å². The molecule has 1 rings (SSSR count). The van der Waals surface area contributed by atoms with E-state index in [9.17, 15) is 4.79 Å². The number of nitrogens with zero attached hydrogens (tertiary/aromatic N) is 4. The van der Waals surface area contributed by atoms with Crippen molar-refractivity contribution in [1.82, 2.24) is 20.3 Å². The van der Waals surface area contributed by atoms with E-state index in [1.54, 1.807) is 11.8 Å². The Morgan fingerprint density at radius 3 is 3.00 bits per heavy atom. The molecule has 1 N–H and O–H groups in total. The average molecular weight is 207 g/mol. The Bertz CT molecular complexity index is 353. The lowest BCUT2D eigenvalue weighted by Crippen LogP contribution is -2.34. The molecule has 0 radical (unpaired) electrons. The van der Waals surface area contributed by atoms with Gasteiger partial charge in [0, 0.05) is 13.1 Å². The number of carbonyl (C=O) groups excluding carboxylic acids is 1. The lowest BCUT2D eigenvalue weighted by Gasteiger charge is -2.20.